The summed E-state index contributed by atoms with van der Waals surface area (Å²) in [4.78, 5) is 12.2. The molecule has 0 aliphatic carbocycles. The number of hydrogen-bond donors (Lipinski definition) is 1. The van der Waals surface area contributed by atoms with Gasteiger partial charge in [-0.05, 0) is 53.9 Å². The van der Waals surface area contributed by atoms with E-state index in [4.69, 9.17) is 24.0 Å². The van der Waals surface area contributed by atoms with E-state index in [1.807, 2.05) is 48.5 Å². The highest BCUT2D eigenvalue weighted by Gasteiger charge is 2.17. The Balaban J connectivity index is 1.50. The van der Waals surface area contributed by atoms with E-state index in [0.717, 1.165) is 44.2 Å². The van der Waals surface area contributed by atoms with Crippen molar-refractivity contribution in [3.63, 3.8) is 0 Å². The van der Waals surface area contributed by atoms with Gasteiger partial charge < -0.3 is 24.0 Å². The van der Waals surface area contributed by atoms with Crippen LogP contribution in [0.4, 0.5) is 0 Å². The quantitative estimate of drug-likeness (QED) is 0.289. The number of carbonyl (C=O) groups is 1. The number of esters is 1. The molecule has 3 aromatic carbocycles. The summed E-state index contributed by atoms with van der Waals surface area (Å²) in [6, 6.07) is 19.8. The highest BCUT2D eigenvalue weighted by molar-refractivity contribution is 5.93. The van der Waals surface area contributed by atoms with Gasteiger partial charge in [0, 0.05) is 28.4 Å². The van der Waals surface area contributed by atoms with Gasteiger partial charge in [-0.1, -0.05) is 30.3 Å². The Morgan fingerprint density at radius 2 is 1.74 bits per heavy atom. The molecule has 0 spiro atoms. The number of ether oxygens (including phenoxy) is 2. The van der Waals surface area contributed by atoms with Gasteiger partial charge in [-0.25, -0.2) is 0 Å². The number of fused-ring (bicyclic) bond motifs is 2. The number of carbonyl (C=O) groups excluding carboxylic acids is 1. The summed E-state index contributed by atoms with van der Waals surface area (Å²) in [5.74, 6) is 0.245. The molecule has 0 atom stereocenters. The topological polar surface area (TPSA) is 87.8 Å². The van der Waals surface area contributed by atoms with Gasteiger partial charge in [0.2, 0.25) is 0 Å². The zero-order valence-electron chi connectivity index (χ0n) is 18.9. The van der Waals surface area contributed by atoms with E-state index in [-0.39, 0.29) is 12.4 Å². The van der Waals surface area contributed by atoms with Crippen LogP contribution >= 0.6 is 0 Å². The fraction of sp³-hybridized carbons (Fsp3) is 0.179. The highest BCUT2D eigenvalue weighted by atomic mass is 16.5. The summed E-state index contributed by atoms with van der Waals surface area (Å²) < 4.78 is 22.9. The standard InChI is InChI=1S/C28H25NO5/c1-2-31-25(30)15-22-7-6-20-8-10-33-27(20)28(22)34-17-19-13-23-9-11-32-26(23)24(14-19)21-5-3-4-18(12-21)16-29/h3-14H,2,15-17,29H2,1H3. The Bertz CT molecular complexity index is 1460. The third-order valence-corrected chi connectivity index (χ3v) is 5.77. The van der Waals surface area contributed by atoms with Gasteiger partial charge in [-0.15, -0.1) is 0 Å². The smallest absolute Gasteiger partial charge is 0.310 e. The summed E-state index contributed by atoms with van der Waals surface area (Å²) in [6.45, 7) is 2.88. The molecule has 172 valence electrons. The zero-order chi connectivity index (χ0) is 23.5. The second-order valence-electron chi connectivity index (χ2n) is 8.05. The lowest BCUT2D eigenvalue weighted by Gasteiger charge is -2.13. The first-order chi connectivity index (χ1) is 16.7. The molecule has 34 heavy (non-hydrogen) atoms. The maximum atomic E-state index is 12.2. The van der Waals surface area contributed by atoms with Crippen LogP contribution in [-0.2, 0) is 29.1 Å². The molecule has 2 N–H and O–H groups in total. The Kier molecular flexibility index (Phi) is 6.06. The summed E-state index contributed by atoms with van der Waals surface area (Å²) in [6.07, 6.45) is 3.41. The van der Waals surface area contributed by atoms with Crippen LogP contribution in [0.5, 0.6) is 5.75 Å². The normalized spacial score (nSPS) is 11.2. The molecule has 0 fully saturated rings. The number of benzene rings is 3. The van der Waals surface area contributed by atoms with Crippen molar-refractivity contribution in [1.82, 2.24) is 0 Å². The maximum Gasteiger partial charge on any atom is 0.310 e. The molecule has 0 saturated carbocycles. The second-order valence-corrected chi connectivity index (χ2v) is 8.05. The minimum absolute atomic E-state index is 0.109. The fourth-order valence-electron chi connectivity index (χ4n) is 4.17. The van der Waals surface area contributed by atoms with Gasteiger partial charge in [0.05, 0.1) is 25.6 Å². The number of hydrogen-bond acceptors (Lipinski definition) is 6. The van der Waals surface area contributed by atoms with E-state index in [1.165, 1.54) is 0 Å². The van der Waals surface area contributed by atoms with Crippen molar-refractivity contribution >= 4 is 27.9 Å². The van der Waals surface area contributed by atoms with Gasteiger partial charge in [0.15, 0.2) is 11.3 Å². The third-order valence-electron chi connectivity index (χ3n) is 5.77. The minimum Gasteiger partial charge on any atom is -0.485 e. The summed E-state index contributed by atoms with van der Waals surface area (Å²) in [7, 11) is 0. The van der Waals surface area contributed by atoms with E-state index in [0.29, 0.717) is 31.1 Å². The molecular formula is C28H25NO5. The highest BCUT2D eigenvalue weighted by Crippen LogP contribution is 2.34. The Morgan fingerprint density at radius 3 is 2.56 bits per heavy atom. The van der Waals surface area contributed by atoms with Gasteiger partial charge >= 0.3 is 5.97 Å². The molecule has 0 radical (unpaired) electrons. The zero-order valence-corrected chi connectivity index (χ0v) is 18.9. The minimum atomic E-state index is -0.305. The van der Waals surface area contributed by atoms with Crippen molar-refractivity contribution in [2.24, 2.45) is 5.73 Å². The Labute approximate surface area is 196 Å². The molecule has 2 aromatic heterocycles. The fourth-order valence-corrected chi connectivity index (χ4v) is 4.17. The maximum absolute atomic E-state index is 12.2. The predicted octanol–water partition coefficient (Wildman–Crippen LogP) is 5.99. The van der Waals surface area contributed by atoms with Gasteiger partial charge in [0.1, 0.15) is 12.2 Å². The van der Waals surface area contributed by atoms with Crippen LogP contribution in [0.2, 0.25) is 0 Å². The van der Waals surface area contributed by atoms with Gasteiger partial charge in [0.25, 0.3) is 0 Å². The van der Waals surface area contributed by atoms with Crippen LogP contribution in [-0.4, -0.2) is 12.6 Å². The van der Waals surface area contributed by atoms with E-state index in [1.54, 1.807) is 19.5 Å². The summed E-state index contributed by atoms with van der Waals surface area (Å²) in [5, 5.41) is 1.89. The van der Waals surface area contributed by atoms with Crippen molar-refractivity contribution in [2.45, 2.75) is 26.5 Å². The van der Waals surface area contributed by atoms with Crippen LogP contribution in [0.3, 0.4) is 0 Å². The molecule has 0 bridgehead atoms. The SMILES string of the molecule is CCOC(=O)Cc1ccc2ccoc2c1OCc1cc(-c2cccc(CN)c2)c2occc2c1. The molecular weight excluding hydrogens is 430 g/mol. The molecule has 0 aliphatic rings. The summed E-state index contributed by atoms with van der Waals surface area (Å²) >= 11 is 0. The Morgan fingerprint density at radius 1 is 0.912 bits per heavy atom. The van der Waals surface area contributed by atoms with Crippen molar-refractivity contribution in [2.75, 3.05) is 6.61 Å². The molecule has 0 saturated heterocycles. The molecule has 5 rings (SSSR count). The van der Waals surface area contributed by atoms with Crippen molar-refractivity contribution in [1.29, 1.82) is 0 Å². The van der Waals surface area contributed by atoms with Crippen LogP contribution in [0, 0.1) is 0 Å². The Hall–Kier alpha value is -4.03. The van der Waals surface area contributed by atoms with E-state index >= 15 is 0 Å². The summed E-state index contributed by atoms with van der Waals surface area (Å²) in [5.41, 5.74) is 12.0. The van der Waals surface area contributed by atoms with Crippen molar-refractivity contribution in [3.8, 4) is 16.9 Å². The van der Waals surface area contributed by atoms with Crippen molar-refractivity contribution in [3.05, 3.63) is 89.9 Å². The van der Waals surface area contributed by atoms with E-state index < -0.39 is 0 Å². The molecule has 5 aromatic rings. The van der Waals surface area contributed by atoms with Crippen LogP contribution < -0.4 is 10.5 Å². The molecule has 6 heteroatoms. The lowest BCUT2D eigenvalue weighted by Crippen LogP contribution is -2.09. The number of furan rings is 2. The average molecular weight is 456 g/mol. The number of rotatable bonds is 8. The molecule has 0 amide bonds. The largest absolute Gasteiger partial charge is 0.485 e. The van der Waals surface area contributed by atoms with E-state index in [2.05, 4.69) is 12.1 Å². The van der Waals surface area contributed by atoms with Gasteiger partial charge in [-0.3, -0.25) is 4.79 Å². The lowest BCUT2D eigenvalue weighted by atomic mass is 9.99. The van der Waals surface area contributed by atoms with Crippen LogP contribution in [0.25, 0.3) is 33.1 Å². The van der Waals surface area contributed by atoms with Gasteiger partial charge in [-0.2, -0.15) is 0 Å². The van der Waals surface area contributed by atoms with Crippen LogP contribution in [0.15, 0.2) is 82.0 Å². The molecule has 6 nitrogen and oxygen atoms in total. The van der Waals surface area contributed by atoms with Crippen LogP contribution in [0.1, 0.15) is 23.6 Å². The first kappa shape index (κ1) is 21.8. The first-order valence-electron chi connectivity index (χ1n) is 11.2. The molecule has 2 heterocycles. The predicted molar refractivity (Wildman–Crippen MR) is 130 cm³/mol. The monoisotopic (exact) mass is 455 g/mol. The lowest BCUT2D eigenvalue weighted by molar-refractivity contribution is -0.142. The molecule has 0 unspecified atom stereocenters. The third kappa shape index (κ3) is 4.28. The second kappa shape index (κ2) is 9.45. The average Bonchev–Trinajstić information content (AvgIpc) is 3.52. The first-order valence-corrected chi connectivity index (χ1v) is 11.2. The van der Waals surface area contributed by atoms with E-state index in [9.17, 15) is 4.79 Å². The van der Waals surface area contributed by atoms with Crippen molar-refractivity contribution < 1.29 is 23.1 Å². The molecule has 0 aliphatic heterocycles. The number of nitrogens with two attached hydrogens (primary N) is 1.